The van der Waals surface area contributed by atoms with Gasteiger partial charge in [-0.1, -0.05) is 32.9 Å². The standard InChI is InChI=1S/C14H22N2O3S/c1-14(2,3)12-4-6-13(7-5-12)15-20(17,18)16-8-10-19-11-9-16/h4-7,15H,8-11H2,1-3H3. The minimum Gasteiger partial charge on any atom is -0.379 e. The van der Waals surface area contributed by atoms with Crippen LogP contribution in [0, 0.1) is 0 Å². The van der Waals surface area contributed by atoms with Crippen LogP contribution in [0.1, 0.15) is 26.3 Å². The fraction of sp³-hybridized carbons (Fsp3) is 0.571. The van der Waals surface area contributed by atoms with Gasteiger partial charge in [-0.25, -0.2) is 0 Å². The second kappa shape index (κ2) is 5.71. The molecule has 0 aliphatic carbocycles. The van der Waals surface area contributed by atoms with Crippen LogP contribution in [0.4, 0.5) is 5.69 Å². The van der Waals surface area contributed by atoms with Crippen LogP contribution in [0.3, 0.4) is 0 Å². The third-order valence-electron chi connectivity index (χ3n) is 3.31. The molecule has 0 radical (unpaired) electrons. The van der Waals surface area contributed by atoms with E-state index in [0.29, 0.717) is 32.0 Å². The number of anilines is 1. The van der Waals surface area contributed by atoms with Crippen LogP contribution in [0.15, 0.2) is 24.3 Å². The molecule has 2 rings (SSSR count). The molecule has 20 heavy (non-hydrogen) atoms. The predicted octanol–water partition coefficient (Wildman–Crippen LogP) is 1.97. The first-order chi connectivity index (χ1) is 9.29. The Bertz CT molecular complexity index is 541. The average Bonchev–Trinajstić information content (AvgIpc) is 2.39. The number of benzene rings is 1. The molecular formula is C14H22N2O3S. The maximum Gasteiger partial charge on any atom is 0.301 e. The van der Waals surface area contributed by atoms with Gasteiger partial charge in [0.25, 0.3) is 0 Å². The molecular weight excluding hydrogens is 276 g/mol. The Hall–Kier alpha value is -1.11. The van der Waals surface area contributed by atoms with E-state index in [0.717, 1.165) is 0 Å². The summed E-state index contributed by atoms with van der Waals surface area (Å²) in [5, 5.41) is 0. The van der Waals surface area contributed by atoms with Crippen molar-refractivity contribution >= 4 is 15.9 Å². The Morgan fingerprint density at radius 2 is 1.65 bits per heavy atom. The van der Waals surface area contributed by atoms with Gasteiger partial charge in [0.2, 0.25) is 0 Å². The summed E-state index contributed by atoms with van der Waals surface area (Å²) in [4.78, 5) is 0. The van der Waals surface area contributed by atoms with Gasteiger partial charge in [0.15, 0.2) is 0 Å². The van der Waals surface area contributed by atoms with Crippen molar-refractivity contribution in [3.05, 3.63) is 29.8 Å². The topological polar surface area (TPSA) is 58.6 Å². The van der Waals surface area contributed by atoms with Crippen molar-refractivity contribution in [3.63, 3.8) is 0 Å². The highest BCUT2D eigenvalue weighted by Crippen LogP contribution is 2.24. The van der Waals surface area contributed by atoms with Gasteiger partial charge in [-0.3, -0.25) is 4.72 Å². The zero-order valence-corrected chi connectivity index (χ0v) is 13.0. The molecule has 1 aliphatic heterocycles. The lowest BCUT2D eigenvalue weighted by Gasteiger charge is -2.26. The fourth-order valence-electron chi connectivity index (χ4n) is 2.04. The number of morpholine rings is 1. The first-order valence-corrected chi connectivity index (χ1v) is 8.19. The Morgan fingerprint density at radius 1 is 1.10 bits per heavy atom. The molecule has 1 heterocycles. The van der Waals surface area contributed by atoms with Crippen molar-refractivity contribution in [1.29, 1.82) is 0 Å². The van der Waals surface area contributed by atoms with Gasteiger partial charge < -0.3 is 4.74 Å². The molecule has 0 unspecified atom stereocenters. The Balaban J connectivity index is 2.09. The minimum atomic E-state index is -3.48. The number of nitrogens with zero attached hydrogens (tertiary/aromatic N) is 1. The minimum absolute atomic E-state index is 0.0572. The molecule has 1 aromatic carbocycles. The van der Waals surface area contributed by atoms with E-state index in [-0.39, 0.29) is 5.41 Å². The smallest absolute Gasteiger partial charge is 0.301 e. The molecule has 1 fully saturated rings. The fourth-order valence-corrected chi connectivity index (χ4v) is 3.23. The van der Waals surface area contributed by atoms with Crippen molar-refractivity contribution in [1.82, 2.24) is 4.31 Å². The zero-order chi connectivity index (χ0) is 14.8. The average molecular weight is 298 g/mol. The Labute approximate surface area is 121 Å². The SMILES string of the molecule is CC(C)(C)c1ccc(NS(=O)(=O)N2CCOCC2)cc1. The van der Waals surface area contributed by atoms with Crippen LogP contribution < -0.4 is 4.72 Å². The summed E-state index contributed by atoms with van der Waals surface area (Å²) in [5.41, 5.74) is 1.82. The third-order valence-corrected chi connectivity index (χ3v) is 4.85. The maximum absolute atomic E-state index is 12.2. The van der Waals surface area contributed by atoms with Gasteiger partial charge in [0.1, 0.15) is 0 Å². The molecule has 1 saturated heterocycles. The van der Waals surface area contributed by atoms with Crippen molar-refractivity contribution < 1.29 is 13.2 Å². The largest absolute Gasteiger partial charge is 0.379 e. The van der Waals surface area contributed by atoms with Crippen molar-refractivity contribution in [2.24, 2.45) is 0 Å². The molecule has 112 valence electrons. The zero-order valence-electron chi connectivity index (χ0n) is 12.2. The molecule has 0 bridgehead atoms. The van der Waals surface area contributed by atoms with Gasteiger partial charge >= 0.3 is 10.2 Å². The van der Waals surface area contributed by atoms with E-state index in [2.05, 4.69) is 25.5 Å². The van der Waals surface area contributed by atoms with E-state index in [9.17, 15) is 8.42 Å². The summed E-state index contributed by atoms with van der Waals surface area (Å²) < 4.78 is 33.6. The summed E-state index contributed by atoms with van der Waals surface area (Å²) in [7, 11) is -3.48. The number of hydrogen-bond acceptors (Lipinski definition) is 3. The van der Waals surface area contributed by atoms with Crippen molar-refractivity contribution in [2.45, 2.75) is 26.2 Å². The van der Waals surface area contributed by atoms with E-state index in [1.807, 2.05) is 12.1 Å². The Morgan fingerprint density at radius 3 is 2.15 bits per heavy atom. The molecule has 1 aliphatic rings. The summed E-state index contributed by atoms with van der Waals surface area (Å²) in [6, 6.07) is 7.52. The maximum atomic E-state index is 12.2. The number of rotatable bonds is 3. The quantitative estimate of drug-likeness (QED) is 0.928. The third kappa shape index (κ3) is 3.71. The van der Waals surface area contributed by atoms with Crippen LogP contribution >= 0.6 is 0 Å². The lowest BCUT2D eigenvalue weighted by Crippen LogP contribution is -2.43. The second-order valence-corrected chi connectivity index (χ2v) is 7.62. The number of ether oxygens (including phenoxy) is 1. The van der Waals surface area contributed by atoms with E-state index in [1.54, 1.807) is 12.1 Å². The number of hydrogen-bond donors (Lipinski definition) is 1. The van der Waals surface area contributed by atoms with Gasteiger partial charge in [0, 0.05) is 18.8 Å². The molecule has 0 spiro atoms. The molecule has 0 atom stereocenters. The number of nitrogens with one attached hydrogen (secondary N) is 1. The lowest BCUT2D eigenvalue weighted by atomic mass is 9.87. The van der Waals surface area contributed by atoms with E-state index >= 15 is 0 Å². The van der Waals surface area contributed by atoms with E-state index in [1.165, 1.54) is 9.87 Å². The summed E-state index contributed by atoms with van der Waals surface area (Å²) >= 11 is 0. The van der Waals surface area contributed by atoms with Gasteiger partial charge in [-0.15, -0.1) is 0 Å². The van der Waals surface area contributed by atoms with Gasteiger partial charge in [-0.05, 0) is 23.1 Å². The molecule has 1 aromatic rings. The molecule has 1 N–H and O–H groups in total. The molecule has 0 amide bonds. The highest BCUT2D eigenvalue weighted by molar-refractivity contribution is 7.90. The first-order valence-electron chi connectivity index (χ1n) is 6.75. The second-order valence-electron chi connectivity index (χ2n) is 5.95. The van der Waals surface area contributed by atoms with E-state index < -0.39 is 10.2 Å². The molecule has 0 saturated carbocycles. The van der Waals surface area contributed by atoms with Gasteiger partial charge in [-0.2, -0.15) is 12.7 Å². The lowest BCUT2D eigenvalue weighted by molar-refractivity contribution is 0.0733. The highest BCUT2D eigenvalue weighted by Gasteiger charge is 2.24. The van der Waals surface area contributed by atoms with Crippen molar-refractivity contribution in [3.8, 4) is 0 Å². The Kier molecular flexibility index (Phi) is 4.36. The monoisotopic (exact) mass is 298 g/mol. The summed E-state index contributed by atoms with van der Waals surface area (Å²) in [6.07, 6.45) is 0. The molecule has 6 heteroatoms. The molecule has 0 aromatic heterocycles. The summed E-state index contributed by atoms with van der Waals surface area (Å²) in [5.74, 6) is 0. The normalized spacial score (nSPS) is 17.9. The highest BCUT2D eigenvalue weighted by atomic mass is 32.2. The van der Waals surface area contributed by atoms with Crippen LogP contribution in [-0.4, -0.2) is 39.0 Å². The van der Waals surface area contributed by atoms with Crippen molar-refractivity contribution in [2.75, 3.05) is 31.0 Å². The van der Waals surface area contributed by atoms with Gasteiger partial charge in [0.05, 0.1) is 13.2 Å². The van der Waals surface area contributed by atoms with Crippen LogP contribution in [0.25, 0.3) is 0 Å². The van der Waals surface area contributed by atoms with Crippen LogP contribution in [-0.2, 0) is 20.4 Å². The first kappa shape index (κ1) is 15.3. The summed E-state index contributed by atoms with van der Waals surface area (Å²) in [6.45, 7) is 8.07. The van der Waals surface area contributed by atoms with Crippen LogP contribution in [0.5, 0.6) is 0 Å². The predicted molar refractivity (Wildman–Crippen MR) is 80.1 cm³/mol. The van der Waals surface area contributed by atoms with E-state index in [4.69, 9.17) is 4.74 Å². The van der Waals surface area contributed by atoms with Crippen LogP contribution in [0.2, 0.25) is 0 Å². The molecule has 5 nitrogen and oxygen atoms in total.